The zero-order valence-corrected chi connectivity index (χ0v) is 6.67. The first-order chi connectivity index (χ1) is 6.02. The molecule has 0 aliphatic heterocycles. The van der Waals surface area contributed by atoms with Gasteiger partial charge in [-0.25, -0.2) is 0 Å². The molecule has 0 amide bonds. The molecule has 0 aliphatic rings. The van der Waals surface area contributed by atoms with Gasteiger partial charge >= 0.3 is 5.97 Å². The van der Waals surface area contributed by atoms with Gasteiger partial charge in [0.15, 0.2) is 11.5 Å². The quantitative estimate of drug-likeness (QED) is 0.537. The SMILES string of the molecule is CC(=O)Oc1ccc(O)c(F)c1F. The third kappa shape index (κ3) is 1.93. The zero-order valence-electron chi connectivity index (χ0n) is 6.67. The zero-order chi connectivity index (χ0) is 10.0. The number of esters is 1. The van der Waals surface area contributed by atoms with Gasteiger partial charge in [0.2, 0.25) is 11.6 Å². The molecular weight excluding hydrogens is 182 g/mol. The summed E-state index contributed by atoms with van der Waals surface area (Å²) in [5.41, 5.74) is 0. The minimum Gasteiger partial charge on any atom is -0.505 e. The Bertz CT molecular complexity index is 349. The van der Waals surface area contributed by atoms with Crippen LogP contribution in [0, 0.1) is 11.6 Å². The third-order valence-corrected chi connectivity index (χ3v) is 1.28. The van der Waals surface area contributed by atoms with E-state index in [4.69, 9.17) is 5.11 Å². The largest absolute Gasteiger partial charge is 0.505 e. The molecular formula is C8H6F2O3. The van der Waals surface area contributed by atoms with E-state index in [1.807, 2.05) is 0 Å². The van der Waals surface area contributed by atoms with Gasteiger partial charge < -0.3 is 9.84 Å². The van der Waals surface area contributed by atoms with Crippen molar-refractivity contribution in [3.05, 3.63) is 23.8 Å². The standard InChI is InChI=1S/C8H6F2O3/c1-4(11)13-6-3-2-5(12)7(9)8(6)10/h2-3,12H,1H3. The van der Waals surface area contributed by atoms with Crippen LogP contribution >= 0.6 is 0 Å². The lowest BCUT2D eigenvalue weighted by atomic mass is 10.3. The monoisotopic (exact) mass is 188 g/mol. The van der Waals surface area contributed by atoms with Gasteiger partial charge in [-0.1, -0.05) is 0 Å². The van der Waals surface area contributed by atoms with E-state index in [0.717, 1.165) is 19.1 Å². The fraction of sp³-hybridized carbons (Fsp3) is 0.125. The first-order valence-electron chi connectivity index (χ1n) is 3.37. The lowest BCUT2D eigenvalue weighted by Crippen LogP contribution is -2.04. The smallest absolute Gasteiger partial charge is 0.308 e. The molecule has 70 valence electrons. The molecule has 0 unspecified atom stereocenters. The number of hydrogen-bond acceptors (Lipinski definition) is 3. The van der Waals surface area contributed by atoms with Crippen molar-refractivity contribution >= 4 is 5.97 Å². The number of hydrogen-bond donors (Lipinski definition) is 1. The molecule has 0 saturated carbocycles. The van der Waals surface area contributed by atoms with Crippen molar-refractivity contribution in [2.45, 2.75) is 6.92 Å². The van der Waals surface area contributed by atoms with E-state index in [1.165, 1.54) is 0 Å². The van der Waals surface area contributed by atoms with Crippen LogP contribution in [0.5, 0.6) is 11.5 Å². The molecule has 1 aromatic rings. The molecule has 0 aromatic heterocycles. The van der Waals surface area contributed by atoms with Gasteiger partial charge in [0.05, 0.1) is 0 Å². The predicted octanol–water partition coefficient (Wildman–Crippen LogP) is 1.60. The fourth-order valence-corrected chi connectivity index (χ4v) is 0.755. The van der Waals surface area contributed by atoms with E-state index in [-0.39, 0.29) is 0 Å². The molecule has 0 fully saturated rings. The Morgan fingerprint density at radius 3 is 2.54 bits per heavy atom. The molecule has 0 heterocycles. The molecule has 13 heavy (non-hydrogen) atoms. The highest BCUT2D eigenvalue weighted by Crippen LogP contribution is 2.26. The van der Waals surface area contributed by atoms with E-state index in [2.05, 4.69) is 4.74 Å². The maximum absolute atomic E-state index is 12.8. The predicted molar refractivity (Wildman–Crippen MR) is 39.3 cm³/mol. The van der Waals surface area contributed by atoms with Gasteiger partial charge in [0.1, 0.15) is 0 Å². The van der Waals surface area contributed by atoms with E-state index >= 15 is 0 Å². The summed E-state index contributed by atoms with van der Waals surface area (Å²) >= 11 is 0. The highest BCUT2D eigenvalue weighted by molar-refractivity contribution is 5.69. The number of phenolic OH excluding ortho intramolecular Hbond substituents is 1. The first kappa shape index (κ1) is 9.44. The van der Waals surface area contributed by atoms with Crippen molar-refractivity contribution in [1.29, 1.82) is 0 Å². The van der Waals surface area contributed by atoms with Crippen LogP contribution in [0.15, 0.2) is 12.1 Å². The number of halogens is 2. The molecule has 0 saturated heterocycles. The number of aromatic hydroxyl groups is 1. The summed E-state index contributed by atoms with van der Waals surface area (Å²) in [5, 5.41) is 8.70. The maximum Gasteiger partial charge on any atom is 0.308 e. The van der Waals surface area contributed by atoms with E-state index in [1.54, 1.807) is 0 Å². The lowest BCUT2D eigenvalue weighted by molar-refractivity contribution is -0.132. The summed E-state index contributed by atoms with van der Waals surface area (Å²) < 4.78 is 29.8. The van der Waals surface area contributed by atoms with Gasteiger partial charge in [-0.3, -0.25) is 4.79 Å². The second-order valence-electron chi connectivity index (χ2n) is 2.30. The number of ether oxygens (including phenoxy) is 1. The van der Waals surface area contributed by atoms with Crippen LogP contribution in [0.3, 0.4) is 0 Å². The van der Waals surface area contributed by atoms with Crippen LogP contribution in [0.2, 0.25) is 0 Å². The van der Waals surface area contributed by atoms with Crippen molar-refractivity contribution in [3.8, 4) is 11.5 Å². The molecule has 1 N–H and O–H groups in total. The average Bonchev–Trinajstić information content (AvgIpc) is 2.06. The fourth-order valence-electron chi connectivity index (χ4n) is 0.755. The molecule has 0 atom stereocenters. The summed E-state index contributed by atoms with van der Waals surface area (Å²) in [6, 6.07) is 1.87. The van der Waals surface area contributed by atoms with Crippen molar-refractivity contribution in [2.75, 3.05) is 0 Å². The summed E-state index contributed by atoms with van der Waals surface area (Å²) in [6.07, 6.45) is 0. The molecule has 0 aliphatic carbocycles. The van der Waals surface area contributed by atoms with Crippen LogP contribution in [-0.4, -0.2) is 11.1 Å². The number of phenols is 1. The number of benzene rings is 1. The second kappa shape index (κ2) is 3.38. The van der Waals surface area contributed by atoms with Crippen LogP contribution in [0.25, 0.3) is 0 Å². The minimum atomic E-state index is -1.43. The molecule has 0 radical (unpaired) electrons. The second-order valence-corrected chi connectivity index (χ2v) is 2.30. The molecule has 1 aromatic carbocycles. The van der Waals surface area contributed by atoms with Gasteiger partial charge in [-0.2, -0.15) is 8.78 Å². The van der Waals surface area contributed by atoms with Gasteiger partial charge in [-0.15, -0.1) is 0 Å². The van der Waals surface area contributed by atoms with Gasteiger partial charge in [0, 0.05) is 6.92 Å². The average molecular weight is 188 g/mol. The van der Waals surface area contributed by atoms with Crippen LogP contribution in [0.1, 0.15) is 6.92 Å². The molecule has 5 heteroatoms. The molecule has 0 bridgehead atoms. The van der Waals surface area contributed by atoms with Crippen LogP contribution in [-0.2, 0) is 4.79 Å². The Morgan fingerprint density at radius 1 is 1.38 bits per heavy atom. The topological polar surface area (TPSA) is 46.5 Å². The summed E-state index contributed by atoms with van der Waals surface area (Å²) in [6.45, 7) is 1.06. The van der Waals surface area contributed by atoms with Crippen LogP contribution in [0.4, 0.5) is 8.78 Å². The highest BCUT2D eigenvalue weighted by Gasteiger charge is 2.14. The van der Waals surface area contributed by atoms with Crippen molar-refractivity contribution in [1.82, 2.24) is 0 Å². The van der Waals surface area contributed by atoms with E-state index < -0.39 is 29.1 Å². The summed E-state index contributed by atoms with van der Waals surface area (Å²) in [4.78, 5) is 10.4. The highest BCUT2D eigenvalue weighted by atomic mass is 19.2. The van der Waals surface area contributed by atoms with Crippen molar-refractivity contribution in [3.63, 3.8) is 0 Å². The summed E-state index contributed by atoms with van der Waals surface area (Å²) in [7, 11) is 0. The first-order valence-corrected chi connectivity index (χ1v) is 3.37. The third-order valence-electron chi connectivity index (χ3n) is 1.28. The molecule has 0 spiro atoms. The lowest BCUT2D eigenvalue weighted by Gasteiger charge is -2.03. The van der Waals surface area contributed by atoms with E-state index in [0.29, 0.717) is 0 Å². The van der Waals surface area contributed by atoms with Gasteiger partial charge in [0.25, 0.3) is 0 Å². The molecule has 3 nitrogen and oxygen atoms in total. The maximum atomic E-state index is 12.8. The normalized spacial score (nSPS) is 9.77. The Morgan fingerprint density at radius 2 is 2.00 bits per heavy atom. The van der Waals surface area contributed by atoms with E-state index in [9.17, 15) is 13.6 Å². The van der Waals surface area contributed by atoms with Crippen molar-refractivity contribution < 1.29 is 23.4 Å². The number of rotatable bonds is 1. The molecule has 1 rings (SSSR count). The Hall–Kier alpha value is -1.65. The van der Waals surface area contributed by atoms with Crippen molar-refractivity contribution in [2.24, 2.45) is 0 Å². The van der Waals surface area contributed by atoms with Crippen LogP contribution < -0.4 is 4.74 Å². The van der Waals surface area contributed by atoms with Gasteiger partial charge in [-0.05, 0) is 12.1 Å². The Labute approximate surface area is 72.6 Å². The summed E-state index contributed by atoms with van der Waals surface area (Å²) in [5.74, 6) is -4.94. The number of carbonyl (C=O) groups excluding carboxylic acids is 1. The number of carbonyl (C=O) groups is 1. The minimum absolute atomic E-state index is 0.539. The Kier molecular flexibility index (Phi) is 2.46. The Balaban J connectivity index is 3.10.